The molecule has 0 aromatic heterocycles. The monoisotopic (exact) mass is 88.1 g/mol. The maximum absolute atomic E-state index is 4.49. The third-order valence-corrected chi connectivity index (χ3v) is 0.423. The molecule has 6 heavy (non-hydrogen) atoms. The van der Waals surface area contributed by atoms with Gasteiger partial charge in [-0.15, -0.1) is 0 Å². The molecule has 0 unspecified atom stereocenters. The molecule has 2 nitrogen and oxygen atoms in total. The molecule has 0 aliphatic heterocycles. The van der Waals surface area contributed by atoms with Crippen LogP contribution < -0.4 is 5.48 Å². The lowest BCUT2D eigenvalue weighted by molar-refractivity contribution is 0.0932. The molecule has 0 aliphatic rings. The molecule has 2 heteroatoms. The smallest absolute Gasteiger partial charge is 0.0572 e. The van der Waals surface area contributed by atoms with Crippen LogP contribution in [0.1, 0.15) is 6.42 Å². The van der Waals surface area contributed by atoms with E-state index in [2.05, 4.69) is 17.2 Å². The minimum atomic E-state index is 0.830. The van der Waals surface area contributed by atoms with Crippen molar-refractivity contribution in [2.45, 2.75) is 6.42 Å². The quantitative estimate of drug-likeness (QED) is 0.397. The van der Waals surface area contributed by atoms with Crippen molar-refractivity contribution in [3.8, 4) is 0 Å². The van der Waals surface area contributed by atoms with Crippen LogP contribution in [0.4, 0.5) is 0 Å². The van der Waals surface area contributed by atoms with Gasteiger partial charge in [0.25, 0.3) is 0 Å². The van der Waals surface area contributed by atoms with Crippen molar-refractivity contribution < 1.29 is 4.84 Å². The van der Waals surface area contributed by atoms with Gasteiger partial charge in [0.05, 0.1) is 7.11 Å². The van der Waals surface area contributed by atoms with Crippen molar-refractivity contribution in [1.29, 1.82) is 0 Å². The summed E-state index contributed by atoms with van der Waals surface area (Å²) in [7, 11) is 1.59. The van der Waals surface area contributed by atoms with Gasteiger partial charge in [-0.25, -0.2) is 5.48 Å². The number of hydrogen-bond donors (Lipinski definition) is 1. The largest absolute Gasteiger partial charge is 0.305 e. The zero-order valence-corrected chi connectivity index (χ0v) is 4.03. The van der Waals surface area contributed by atoms with Gasteiger partial charge in [0.1, 0.15) is 0 Å². The second-order valence-electron chi connectivity index (χ2n) is 0.952. The van der Waals surface area contributed by atoms with E-state index in [9.17, 15) is 0 Å². The molecule has 0 fully saturated rings. The number of hydroxylamine groups is 1. The Morgan fingerprint density at radius 1 is 1.83 bits per heavy atom. The number of rotatable bonds is 3. The molecule has 0 rings (SSSR count). The fourth-order valence-corrected chi connectivity index (χ4v) is 0.174. The van der Waals surface area contributed by atoms with E-state index in [-0.39, 0.29) is 0 Å². The fourth-order valence-electron chi connectivity index (χ4n) is 0.174. The maximum Gasteiger partial charge on any atom is 0.0572 e. The van der Waals surface area contributed by atoms with E-state index >= 15 is 0 Å². The van der Waals surface area contributed by atoms with Gasteiger partial charge >= 0.3 is 0 Å². The summed E-state index contributed by atoms with van der Waals surface area (Å²) in [5.74, 6) is 0. The van der Waals surface area contributed by atoms with Crippen LogP contribution >= 0.6 is 0 Å². The highest BCUT2D eigenvalue weighted by Gasteiger charge is 1.71. The van der Waals surface area contributed by atoms with E-state index in [1.165, 1.54) is 0 Å². The Kier molecular flexibility index (Phi) is 4.85. The van der Waals surface area contributed by atoms with Crippen molar-refractivity contribution in [2.24, 2.45) is 0 Å². The van der Waals surface area contributed by atoms with Crippen LogP contribution in [-0.2, 0) is 4.84 Å². The van der Waals surface area contributed by atoms with Gasteiger partial charge in [0.15, 0.2) is 0 Å². The predicted molar refractivity (Wildman–Crippen MR) is 25.0 cm³/mol. The van der Waals surface area contributed by atoms with E-state index in [0.717, 1.165) is 13.0 Å². The molecule has 0 aliphatic carbocycles. The molecular formula is C4H10NO. The number of hydrogen-bond acceptors (Lipinski definition) is 2. The number of nitrogens with one attached hydrogen (secondary N) is 1. The zero-order valence-electron chi connectivity index (χ0n) is 4.03. The van der Waals surface area contributed by atoms with E-state index in [1.54, 1.807) is 7.11 Å². The standard InChI is InChI=1S/C4H10NO/c1-3-4-5-6-2/h5H,1,3-4H2,2H3. The van der Waals surface area contributed by atoms with Gasteiger partial charge in [-0.05, 0) is 6.42 Å². The third kappa shape index (κ3) is 3.92. The first-order valence-corrected chi connectivity index (χ1v) is 1.97. The highest BCUT2D eigenvalue weighted by atomic mass is 16.6. The van der Waals surface area contributed by atoms with Crippen LogP contribution in [0.2, 0.25) is 0 Å². The van der Waals surface area contributed by atoms with E-state index in [0.29, 0.717) is 0 Å². The summed E-state index contributed by atoms with van der Waals surface area (Å²) in [6.45, 7) is 4.41. The lowest BCUT2D eigenvalue weighted by Gasteiger charge is -1.93. The fraction of sp³-hybridized carbons (Fsp3) is 0.750. The van der Waals surface area contributed by atoms with Crippen molar-refractivity contribution in [3.05, 3.63) is 6.92 Å². The molecule has 37 valence electrons. The second-order valence-corrected chi connectivity index (χ2v) is 0.952. The molecule has 0 aromatic rings. The summed E-state index contributed by atoms with van der Waals surface area (Å²) in [5, 5.41) is 0. The van der Waals surface area contributed by atoms with E-state index in [4.69, 9.17) is 0 Å². The van der Waals surface area contributed by atoms with Crippen LogP contribution in [-0.4, -0.2) is 13.7 Å². The van der Waals surface area contributed by atoms with Crippen molar-refractivity contribution in [2.75, 3.05) is 13.7 Å². The SMILES string of the molecule is [CH2]CCNOC. The first-order chi connectivity index (χ1) is 2.91. The minimum Gasteiger partial charge on any atom is -0.305 e. The highest BCUT2D eigenvalue weighted by molar-refractivity contribution is 4.36. The van der Waals surface area contributed by atoms with E-state index in [1.807, 2.05) is 0 Å². The van der Waals surface area contributed by atoms with Gasteiger partial charge in [0, 0.05) is 6.54 Å². The molecule has 0 aromatic carbocycles. The van der Waals surface area contributed by atoms with E-state index < -0.39 is 0 Å². The molecule has 0 bridgehead atoms. The van der Waals surface area contributed by atoms with Crippen LogP contribution in [0.5, 0.6) is 0 Å². The van der Waals surface area contributed by atoms with Gasteiger partial charge in [-0.1, -0.05) is 6.92 Å². The van der Waals surface area contributed by atoms with Gasteiger partial charge < -0.3 is 4.84 Å². The van der Waals surface area contributed by atoms with Crippen LogP contribution in [0.3, 0.4) is 0 Å². The summed E-state index contributed by atoms with van der Waals surface area (Å²) in [6.07, 6.45) is 0.869. The summed E-state index contributed by atoms with van der Waals surface area (Å²) in [6, 6.07) is 0. The summed E-state index contributed by atoms with van der Waals surface area (Å²) >= 11 is 0. The molecule has 1 N–H and O–H groups in total. The minimum absolute atomic E-state index is 0.830. The predicted octanol–water partition coefficient (Wildman–Crippen LogP) is 0.362. The topological polar surface area (TPSA) is 21.3 Å². The van der Waals surface area contributed by atoms with Gasteiger partial charge in [-0.3, -0.25) is 0 Å². The Morgan fingerprint density at radius 3 is 2.67 bits per heavy atom. The molecule has 0 saturated carbocycles. The average molecular weight is 88.1 g/mol. The molecule has 0 saturated heterocycles. The first-order valence-electron chi connectivity index (χ1n) is 1.97. The second kappa shape index (κ2) is 4.92. The lowest BCUT2D eigenvalue weighted by atomic mass is 10.5. The molecular weight excluding hydrogens is 78.0 g/mol. The maximum atomic E-state index is 4.49. The molecule has 0 heterocycles. The Hall–Kier alpha value is -0.0800. The summed E-state index contributed by atoms with van der Waals surface area (Å²) in [5.41, 5.74) is 2.64. The Morgan fingerprint density at radius 2 is 2.50 bits per heavy atom. The molecule has 0 amide bonds. The normalized spacial score (nSPS) is 9.00. The Bertz CT molecular complexity index is 19.5. The summed E-state index contributed by atoms with van der Waals surface area (Å²) < 4.78 is 0. The van der Waals surface area contributed by atoms with Crippen molar-refractivity contribution >= 4 is 0 Å². The van der Waals surface area contributed by atoms with Gasteiger partial charge in [-0.2, -0.15) is 0 Å². The third-order valence-electron chi connectivity index (χ3n) is 0.423. The first kappa shape index (κ1) is 5.92. The van der Waals surface area contributed by atoms with Crippen LogP contribution in [0, 0.1) is 6.92 Å². The Balaban J connectivity index is 2.34. The molecule has 1 radical (unpaired) electrons. The highest BCUT2D eigenvalue weighted by Crippen LogP contribution is 1.64. The van der Waals surface area contributed by atoms with Crippen LogP contribution in [0.15, 0.2) is 0 Å². The van der Waals surface area contributed by atoms with Crippen LogP contribution in [0.25, 0.3) is 0 Å². The molecule has 0 spiro atoms. The zero-order chi connectivity index (χ0) is 4.83. The lowest BCUT2D eigenvalue weighted by Crippen LogP contribution is -2.11. The summed E-state index contributed by atoms with van der Waals surface area (Å²) in [4.78, 5) is 4.49. The average Bonchev–Trinajstić information content (AvgIpc) is 1.61. The van der Waals surface area contributed by atoms with Gasteiger partial charge in [0.2, 0.25) is 0 Å². The van der Waals surface area contributed by atoms with Crippen molar-refractivity contribution in [3.63, 3.8) is 0 Å². The van der Waals surface area contributed by atoms with Crippen molar-refractivity contribution in [1.82, 2.24) is 5.48 Å². The Labute approximate surface area is 38.5 Å². The molecule has 0 atom stereocenters.